The van der Waals surface area contributed by atoms with E-state index in [0.29, 0.717) is 0 Å². The molecule has 29 heavy (non-hydrogen) atoms. The maximum absolute atomic E-state index is 12.6. The van der Waals surface area contributed by atoms with Crippen LogP contribution in [0, 0.1) is 0 Å². The highest BCUT2D eigenvalue weighted by molar-refractivity contribution is 5.94. The Morgan fingerprint density at radius 2 is 2.03 bits per heavy atom. The van der Waals surface area contributed by atoms with Gasteiger partial charge in [-0.15, -0.1) is 0 Å². The Kier molecular flexibility index (Phi) is 6.13. The second kappa shape index (κ2) is 8.74. The summed E-state index contributed by atoms with van der Waals surface area (Å²) in [5.74, 6) is -1.28. The van der Waals surface area contributed by atoms with E-state index in [-0.39, 0.29) is 18.1 Å². The van der Waals surface area contributed by atoms with Crippen molar-refractivity contribution in [2.75, 3.05) is 6.54 Å². The lowest BCUT2D eigenvalue weighted by atomic mass is 10.1. The quantitative estimate of drug-likeness (QED) is 0.519. The monoisotopic (exact) mass is 395 g/mol. The number of carbonyl (C=O) groups is 1. The van der Waals surface area contributed by atoms with Crippen LogP contribution >= 0.6 is 0 Å². The molecule has 2 aromatic rings. The summed E-state index contributed by atoms with van der Waals surface area (Å²) in [5.41, 5.74) is 14.5. The van der Waals surface area contributed by atoms with Crippen molar-refractivity contribution in [2.24, 2.45) is 11.5 Å². The van der Waals surface area contributed by atoms with E-state index in [9.17, 15) is 14.7 Å². The number of aromatic nitrogens is 2. The third kappa shape index (κ3) is 4.72. The van der Waals surface area contributed by atoms with Gasteiger partial charge in [-0.25, -0.2) is 4.98 Å². The molecule has 0 saturated heterocycles. The molecule has 1 unspecified atom stereocenters. The molecule has 8 nitrogen and oxygen atoms in total. The average Bonchev–Trinajstić information content (AvgIpc) is 2.88. The minimum absolute atomic E-state index is 0.101. The lowest BCUT2D eigenvalue weighted by Gasteiger charge is -2.13. The van der Waals surface area contributed by atoms with Crippen LogP contribution in [-0.2, 0) is 0 Å². The van der Waals surface area contributed by atoms with Gasteiger partial charge in [-0.05, 0) is 37.3 Å². The Balaban J connectivity index is 1.81. The number of nitrogens with zero attached hydrogens (tertiary/aromatic N) is 1. The molecule has 1 heterocycles. The molecule has 0 saturated carbocycles. The second-order valence-corrected chi connectivity index (χ2v) is 7.08. The standard InChI is InChI=1S/C21H25N5O3/c1-12-10-13(6-5-9-15(12)22)11-24-20(28)17-18(27)21(29)26-19(25-17)16(23)14-7-3-2-4-8-14/h2-4,7-8,10,16,27H,5-6,9,11,22-23H2,1H3,(H,24,28)(H,25,26,29). The first-order chi connectivity index (χ1) is 13.9. The predicted octanol–water partition coefficient (Wildman–Crippen LogP) is 1.60. The maximum atomic E-state index is 12.6. The summed E-state index contributed by atoms with van der Waals surface area (Å²) < 4.78 is 0. The van der Waals surface area contributed by atoms with E-state index in [1.807, 2.05) is 31.2 Å². The zero-order chi connectivity index (χ0) is 21.0. The van der Waals surface area contributed by atoms with Crippen LogP contribution in [0.25, 0.3) is 0 Å². The van der Waals surface area contributed by atoms with Crippen LogP contribution in [0.4, 0.5) is 0 Å². The lowest BCUT2D eigenvalue weighted by molar-refractivity contribution is 0.0948. The molecular formula is C21H25N5O3. The third-order valence-electron chi connectivity index (χ3n) is 4.93. The van der Waals surface area contributed by atoms with Gasteiger partial charge in [0, 0.05) is 12.2 Å². The van der Waals surface area contributed by atoms with Crippen LogP contribution in [-0.4, -0.2) is 27.5 Å². The van der Waals surface area contributed by atoms with Gasteiger partial charge in [0.15, 0.2) is 5.69 Å². The van der Waals surface area contributed by atoms with E-state index >= 15 is 0 Å². The molecule has 7 N–H and O–H groups in total. The first-order valence-electron chi connectivity index (χ1n) is 9.43. The predicted molar refractivity (Wildman–Crippen MR) is 110 cm³/mol. The number of rotatable bonds is 5. The number of aromatic hydroxyl groups is 1. The van der Waals surface area contributed by atoms with Crippen molar-refractivity contribution in [3.05, 3.63) is 80.7 Å². The summed E-state index contributed by atoms with van der Waals surface area (Å²) in [6.45, 7) is 2.21. The Bertz CT molecular complexity index is 1020. The van der Waals surface area contributed by atoms with Crippen molar-refractivity contribution in [3.63, 3.8) is 0 Å². The fraction of sp³-hybridized carbons (Fsp3) is 0.286. The minimum atomic E-state index is -0.813. The molecular weight excluding hydrogens is 370 g/mol. The van der Waals surface area contributed by atoms with Gasteiger partial charge in [-0.2, -0.15) is 0 Å². The number of hydrogen-bond acceptors (Lipinski definition) is 6. The Hall–Kier alpha value is -3.39. The fourth-order valence-corrected chi connectivity index (χ4v) is 3.20. The molecule has 8 heteroatoms. The maximum Gasteiger partial charge on any atom is 0.293 e. The van der Waals surface area contributed by atoms with E-state index in [0.717, 1.165) is 41.7 Å². The number of carbonyl (C=O) groups excluding carboxylic acids is 1. The topological polar surface area (TPSA) is 147 Å². The number of nitrogens with one attached hydrogen (secondary N) is 2. The van der Waals surface area contributed by atoms with Crippen molar-refractivity contribution in [1.82, 2.24) is 15.3 Å². The van der Waals surface area contributed by atoms with E-state index in [1.165, 1.54) is 0 Å². The largest absolute Gasteiger partial charge is 0.501 e. The van der Waals surface area contributed by atoms with Crippen molar-refractivity contribution in [3.8, 4) is 5.75 Å². The molecule has 0 aliphatic heterocycles. The molecule has 0 radical (unpaired) electrons. The van der Waals surface area contributed by atoms with Gasteiger partial charge in [0.1, 0.15) is 5.82 Å². The summed E-state index contributed by atoms with van der Waals surface area (Å²) in [4.78, 5) is 31.3. The zero-order valence-corrected chi connectivity index (χ0v) is 16.2. The Morgan fingerprint density at radius 3 is 2.76 bits per heavy atom. The van der Waals surface area contributed by atoms with Gasteiger partial charge in [0.2, 0.25) is 5.75 Å². The normalized spacial score (nSPS) is 15.4. The number of nitrogens with two attached hydrogens (primary N) is 2. The van der Waals surface area contributed by atoms with Crippen LogP contribution in [0.5, 0.6) is 5.75 Å². The molecule has 0 spiro atoms. The van der Waals surface area contributed by atoms with E-state index in [1.54, 1.807) is 12.1 Å². The van der Waals surface area contributed by atoms with Gasteiger partial charge < -0.3 is 26.9 Å². The van der Waals surface area contributed by atoms with Crippen LogP contribution < -0.4 is 22.3 Å². The molecule has 1 aliphatic carbocycles. The van der Waals surface area contributed by atoms with Crippen LogP contribution in [0.1, 0.15) is 54.1 Å². The lowest BCUT2D eigenvalue weighted by Crippen LogP contribution is -2.30. The highest BCUT2D eigenvalue weighted by Crippen LogP contribution is 2.20. The number of H-pyrrole nitrogens is 1. The minimum Gasteiger partial charge on any atom is -0.501 e. The molecule has 3 rings (SSSR count). The molecule has 0 fully saturated rings. The van der Waals surface area contributed by atoms with Gasteiger partial charge in [0.25, 0.3) is 11.5 Å². The van der Waals surface area contributed by atoms with Gasteiger partial charge in [0.05, 0.1) is 6.04 Å². The zero-order valence-electron chi connectivity index (χ0n) is 16.2. The summed E-state index contributed by atoms with van der Waals surface area (Å²) in [6.07, 6.45) is 4.48. The third-order valence-corrected chi connectivity index (χ3v) is 4.93. The highest BCUT2D eigenvalue weighted by Gasteiger charge is 2.21. The van der Waals surface area contributed by atoms with Gasteiger partial charge >= 0.3 is 0 Å². The molecule has 1 aromatic heterocycles. The molecule has 1 aliphatic rings. The second-order valence-electron chi connectivity index (χ2n) is 7.08. The number of benzene rings is 1. The number of hydrogen-bond donors (Lipinski definition) is 5. The van der Waals surface area contributed by atoms with E-state index < -0.39 is 23.3 Å². The van der Waals surface area contributed by atoms with Crippen LogP contribution in [0.3, 0.4) is 0 Å². The Labute approximate surface area is 168 Å². The molecule has 152 valence electrons. The average molecular weight is 395 g/mol. The SMILES string of the molecule is CC1=C(N)CCCC(CNC(=O)c2nc(C(N)c3ccccc3)[nH]c(=O)c2O)=C1. The smallest absolute Gasteiger partial charge is 0.293 e. The van der Waals surface area contributed by atoms with Crippen molar-refractivity contribution >= 4 is 5.91 Å². The van der Waals surface area contributed by atoms with Crippen LogP contribution in [0.2, 0.25) is 0 Å². The number of aromatic amines is 1. The molecule has 1 atom stereocenters. The first kappa shape index (κ1) is 20.3. The highest BCUT2D eigenvalue weighted by atomic mass is 16.3. The molecule has 0 bridgehead atoms. The summed E-state index contributed by atoms with van der Waals surface area (Å²) >= 11 is 0. The van der Waals surface area contributed by atoms with Crippen molar-refractivity contribution in [2.45, 2.75) is 32.2 Å². The summed E-state index contributed by atoms with van der Waals surface area (Å²) in [5, 5.41) is 12.8. The van der Waals surface area contributed by atoms with Gasteiger partial charge in [-0.3, -0.25) is 9.59 Å². The van der Waals surface area contributed by atoms with Crippen molar-refractivity contribution < 1.29 is 9.90 Å². The first-order valence-corrected chi connectivity index (χ1v) is 9.43. The fourth-order valence-electron chi connectivity index (χ4n) is 3.20. The summed E-state index contributed by atoms with van der Waals surface area (Å²) in [7, 11) is 0. The molecule has 1 amide bonds. The van der Waals surface area contributed by atoms with E-state index in [4.69, 9.17) is 11.5 Å². The molecule has 1 aromatic carbocycles. The van der Waals surface area contributed by atoms with E-state index in [2.05, 4.69) is 15.3 Å². The van der Waals surface area contributed by atoms with Gasteiger partial charge in [-0.1, -0.05) is 42.0 Å². The Morgan fingerprint density at radius 1 is 1.31 bits per heavy atom. The number of allylic oxidation sites excluding steroid dienone is 3. The summed E-state index contributed by atoms with van der Waals surface area (Å²) in [6, 6.07) is 8.30. The number of amides is 1. The van der Waals surface area contributed by atoms with Crippen molar-refractivity contribution in [1.29, 1.82) is 0 Å². The van der Waals surface area contributed by atoms with Crippen LogP contribution in [0.15, 0.2) is 58.0 Å².